The molecule has 0 heterocycles. The molecule has 0 N–H and O–H groups in total. The van der Waals surface area contributed by atoms with Crippen molar-refractivity contribution in [3.63, 3.8) is 0 Å². The van der Waals surface area contributed by atoms with Gasteiger partial charge in [-0.05, 0) is 87.2 Å². The lowest BCUT2D eigenvalue weighted by molar-refractivity contribution is -0.128. The van der Waals surface area contributed by atoms with Crippen LogP contribution in [0.3, 0.4) is 0 Å². The van der Waals surface area contributed by atoms with Gasteiger partial charge in [0.05, 0.1) is 0 Å². The Morgan fingerprint density at radius 1 is 0.867 bits per heavy atom. The number of aryl methyl sites for hydroxylation is 2. The van der Waals surface area contributed by atoms with E-state index >= 15 is 0 Å². The molecule has 0 spiro atoms. The number of rotatable bonds is 9. The third-order valence-corrected chi connectivity index (χ3v) is 7.85. The number of hydrogen-bond donors (Lipinski definition) is 0. The molecule has 1 aromatic carbocycles. The monoisotopic (exact) mass is 416 g/mol. The Hall–Kier alpha value is -1.18. The Balaban J connectivity index is 1.40. The smallest absolute Gasteiger partial charge is 0.207 e. The zero-order chi connectivity index (χ0) is 21.4. The maximum absolute atomic E-state index is 14.8. The first kappa shape index (κ1) is 23.5. The molecule has 2 aliphatic rings. The maximum Gasteiger partial charge on any atom is 0.251 e. The van der Waals surface area contributed by atoms with E-state index in [9.17, 15) is 8.78 Å². The molecule has 3 rings (SSSR count). The predicted molar refractivity (Wildman–Crippen MR) is 124 cm³/mol. The SMILES string of the molecule is C/C=C/CCc1ccc(CCC2CCC(C3CCC(CCC)CC3(F)F)CC2)cc1. The van der Waals surface area contributed by atoms with E-state index in [0.717, 1.165) is 76.5 Å². The van der Waals surface area contributed by atoms with Crippen LogP contribution in [0.15, 0.2) is 36.4 Å². The molecule has 1 aromatic rings. The molecule has 168 valence electrons. The van der Waals surface area contributed by atoms with Gasteiger partial charge in [-0.2, -0.15) is 0 Å². The Kier molecular flexibility index (Phi) is 8.96. The molecule has 2 saturated carbocycles. The van der Waals surface area contributed by atoms with Crippen LogP contribution in [0.4, 0.5) is 8.78 Å². The van der Waals surface area contributed by atoms with Crippen LogP contribution in [0.1, 0.15) is 95.6 Å². The fourth-order valence-electron chi connectivity index (χ4n) is 6.04. The molecule has 0 aromatic heterocycles. The highest BCUT2D eigenvalue weighted by Gasteiger charge is 2.48. The molecule has 30 heavy (non-hydrogen) atoms. The van der Waals surface area contributed by atoms with Gasteiger partial charge in [0, 0.05) is 12.3 Å². The zero-order valence-electron chi connectivity index (χ0n) is 19.2. The summed E-state index contributed by atoms with van der Waals surface area (Å²) < 4.78 is 29.6. The van der Waals surface area contributed by atoms with Gasteiger partial charge in [-0.1, -0.05) is 69.0 Å². The Labute approximate surface area is 183 Å². The minimum atomic E-state index is -2.43. The van der Waals surface area contributed by atoms with Gasteiger partial charge in [0.25, 0.3) is 5.92 Å². The lowest BCUT2D eigenvalue weighted by Gasteiger charge is -2.42. The van der Waals surface area contributed by atoms with Crippen LogP contribution in [0.25, 0.3) is 0 Å². The van der Waals surface area contributed by atoms with Crippen molar-refractivity contribution in [2.75, 3.05) is 0 Å². The van der Waals surface area contributed by atoms with E-state index in [2.05, 4.69) is 50.3 Å². The van der Waals surface area contributed by atoms with Crippen LogP contribution in [-0.2, 0) is 12.8 Å². The van der Waals surface area contributed by atoms with Crippen LogP contribution in [0.5, 0.6) is 0 Å². The highest BCUT2D eigenvalue weighted by molar-refractivity contribution is 5.23. The minimum absolute atomic E-state index is 0.149. The summed E-state index contributed by atoms with van der Waals surface area (Å²) in [6.45, 7) is 4.19. The maximum atomic E-state index is 14.8. The second kappa shape index (κ2) is 11.4. The Morgan fingerprint density at radius 2 is 1.50 bits per heavy atom. The van der Waals surface area contributed by atoms with Gasteiger partial charge in [-0.3, -0.25) is 0 Å². The summed E-state index contributed by atoms with van der Waals surface area (Å²) in [6.07, 6.45) is 17.2. The fourth-order valence-corrected chi connectivity index (χ4v) is 6.04. The molecule has 0 amide bonds. The Bertz CT molecular complexity index is 637. The molecule has 0 radical (unpaired) electrons. The van der Waals surface area contributed by atoms with Crippen LogP contribution >= 0.6 is 0 Å². The third kappa shape index (κ3) is 6.66. The number of halogens is 2. The molecule has 0 saturated heterocycles. The molecular weight excluding hydrogens is 374 g/mol. The van der Waals surface area contributed by atoms with Gasteiger partial charge < -0.3 is 0 Å². The molecule has 2 atom stereocenters. The molecular formula is C28H42F2. The summed E-state index contributed by atoms with van der Waals surface area (Å²) in [5.41, 5.74) is 2.83. The second-order valence-corrected chi connectivity index (χ2v) is 10.0. The van der Waals surface area contributed by atoms with E-state index < -0.39 is 5.92 Å². The van der Waals surface area contributed by atoms with Crippen LogP contribution in [0, 0.1) is 23.7 Å². The average Bonchev–Trinajstić information content (AvgIpc) is 2.74. The molecule has 2 unspecified atom stereocenters. The zero-order valence-corrected chi connectivity index (χ0v) is 19.2. The lowest BCUT2D eigenvalue weighted by atomic mass is 9.66. The lowest BCUT2D eigenvalue weighted by Crippen LogP contribution is -2.41. The summed E-state index contributed by atoms with van der Waals surface area (Å²) in [4.78, 5) is 0. The van der Waals surface area contributed by atoms with Gasteiger partial charge in [0.15, 0.2) is 0 Å². The molecule has 2 heteroatoms. The number of hydrogen-bond acceptors (Lipinski definition) is 0. The van der Waals surface area contributed by atoms with Gasteiger partial charge >= 0.3 is 0 Å². The first-order chi connectivity index (χ1) is 14.5. The second-order valence-electron chi connectivity index (χ2n) is 10.0. The van der Waals surface area contributed by atoms with Gasteiger partial charge in [-0.25, -0.2) is 8.78 Å². The highest BCUT2D eigenvalue weighted by Crippen LogP contribution is 2.50. The number of allylic oxidation sites excluding steroid dienone is 2. The highest BCUT2D eigenvalue weighted by atomic mass is 19.3. The van der Waals surface area contributed by atoms with Crippen molar-refractivity contribution in [3.8, 4) is 0 Å². The fraction of sp³-hybridized carbons (Fsp3) is 0.714. The summed E-state index contributed by atoms with van der Waals surface area (Å²) in [5, 5.41) is 0. The summed E-state index contributed by atoms with van der Waals surface area (Å²) in [5.74, 6) is -1.53. The summed E-state index contributed by atoms with van der Waals surface area (Å²) >= 11 is 0. The molecule has 0 nitrogen and oxygen atoms in total. The van der Waals surface area contributed by atoms with Crippen molar-refractivity contribution in [1.29, 1.82) is 0 Å². The third-order valence-electron chi connectivity index (χ3n) is 7.85. The summed E-state index contributed by atoms with van der Waals surface area (Å²) in [7, 11) is 0. The topological polar surface area (TPSA) is 0 Å². The number of alkyl halides is 2. The van der Waals surface area contributed by atoms with Crippen LogP contribution in [0.2, 0.25) is 0 Å². The number of benzene rings is 1. The van der Waals surface area contributed by atoms with Crippen LogP contribution < -0.4 is 0 Å². The van der Waals surface area contributed by atoms with Crippen molar-refractivity contribution >= 4 is 0 Å². The van der Waals surface area contributed by atoms with Crippen molar-refractivity contribution in [1.82, 2.24) is 0 Å². The Morgan fingerprint density at radius 3 is 2.10 bits per heavy atom. The molecule has 0 aliphatic heterocycles. The van der Waals surface area contributed by atoms with Crippen LogP contribution in [-0.4, -0.2) is 5.92 Å². The first-order valence-corrected chi connectivity index (χ1v) is 12.6. The van der Waals surface area contributed by atoms with Crippen molar-refractivity contribution < 1.29 is 8.78 Å². The average molecular weight is 417 g/mol. The van der Waals surface area contributed by atoms with E-state index in [1.807, 2.05) is 0 Å². The van der Waals surface area contributed by atoms with Crippen molar-refractivity contribution in [2.45, 2.75) is 103 Å². The standard InChI is InChI=1S/C28H42F2/c1-3-5-6-8-22-9-11-23(12-10-22)13-14-24-15-18-26(19-16-24)27-20-17-25(7-4-2)21-28(27,29)30/h3,5,9-12,24-27H,4,6-8,13-21H2,1-2H3/b5-3+. The quantitative estimate of drug-likeness (QED) is 0.353. The molecule has 0 bridgehead atoms. The minimum Gasteiger partial charge on any atom is -0.207 e. The first-order valence-electron chi connectivity index (χ1n) is 12.6. The van der Waals surface area contributed by atoms with E-state index in [1.54, 1.807) is 0 Å². The van der Waals surface area contributed by atoms with Crippen molar-refractivity contribution in [2.24, 2.45) is 23.7 Å². The van der Waals surface area contributed by atoms with Crippen molar-refractivity contribution in [3.05, 3.63) is 47.5 Å². The van der Waals surface area contributed by atoms with E-state index in [0.29, 0.717) is 0 Å². The van der Waals surface area contributed by atoms with E-state index in [-0.39, 0.29) is 24.2 Å². The van der Waals surface area contributed by atoms with E-state index in [4.69, 9.17) is 0 Å². The van der Waals surface area contributed by atoms with Gasteiger partial charge in [0.2, 0.25) is 0 Å². The molecule has 2 fully saturated rings. The van der Waals surface area contributed by atoms with E-state index in [1.165, 1.54) is 17.5 Å². The largest absolute Gasteiger partial charge is 0.251 e. The normalized spacial score (nSPS) is 29.3. The molecule has 2 aliphatic carbocycles. The van der Waals surface area contributed by atoms with Gasteiger partial charge in [-0.15, -0.1) is 0 Å². The summed E-state index contributed by atoms with van der Waals surface area (Å²) in [6, 6.07) is 9.11. The van der Waals surface area contributed by atoms with Gasteiger partial charge in [0.1, 0.15) is 0 Å². The predicted octanol–water partition coefficient (Wildman–Crippen LogP) is 8.79.